The van der Waals surface area contributed by atoms with Crippen LogP contribution in [0.2, 0.25) is 0 Å². The van der Waals surface area contributed by atoms with E-state index in [2.05, 4.69) is 15.9 Å². The Morgan fingerprint density at radius 3 is 2.75 bits per heavy atom. The largest absolute Gasteiger partial charge is 0.330 e. The minimum absolute atomic E-state index is 0.116. The van der Waals surface area contributed by atoms with Gasteiger partial charge in [-0.3, -0.25) is 0 Å². The molecule has 7 heteroatoms. The molecule has 1 heterocycles. The van der Waals surface area contributed by atoms with Crippen LogP contribution in [0, 0.1) is 0 Å². The number of sulfonamides is 1. The molecule has 0 spiro atoms. The van der Waals surface area contributed by atoms with Crippen molar-refractivity contribution in [3.8, 4) is 0 Å². The highest BCUT2D eigenvalue weighted by Crippen LogP contribution is 2.22. The van der Waals surface area contributed by atoms with Crippen LogP contribution in [0.15, 0.2) is 15.2 Å². The van der Waals surface area contributed by atoms with Gasteiger partial charge in [0, 0.05) is 13.6 Å². The molecule has 0 fully saturated rings. The number of rotatable bonds is 6. The summed E-state index contributed by atoms with van der Waals surface area (Å²) in [6.45, 7) is 0.812. The number of hydrogen-bond acceptors (Lipinski definition) is 4. The van der Waals surface area contributed by atoms with Crippen molar-refractivity contribution < 1.29 is 8.42 Å². The van der Waals surface area contributed by atoms with Crippen LogP contribution in [-0.2, 0) is 16.6 Å². The van der Waals surface area contributed by atoms with Crippen LogP contribution >= 0.6 is 27.3 Å². The second-order valence-electron chi connectivity index (χ2n) is 3.47. The van der Waals surface area contributed by atoms with Gasteiger partial charge in [0.1, 0.15) is 0 Å². The van der Waals surface area contributed by atoms with Crippen molar-refractivity contribution in [2.75, 3.05) is 19.3 Å². The smallest absolute Gasteiger partial charge is 0.214 e. The molecule has 4 nitrogen and oxygen atoms in total. The molecule has 0 aliphatic rings. The fraction of sp³-hybridized carbons (Fsp3) is 0.556. The summed E-state index contributed by atoms with van der Waals surface area (Å²) in [5.41, 5.74) is 6.30. The van der Waals surface area contributed by atoms with E-state index in [0.29, 0.717) is 19.5 Å². The Morgan fingerprint density at radius 2 is 2.25 bits per heavy atom. The van der Waals surface area contributed by atoms with Crippen LogP contribution in [0.5, 0.6) is 0 Å². The molecule has 0 saturated carbocycles. The molecule has 1 rings (SSSR count). The van der Waals surface area contributed by atoms with E-state index in [1.165, 1.54) is 4.31 Å². The van der Waals surface area contributed by atoms with Crippen molar-refractivity contribution in [2.24, 2.45) is 5.73 Å². The molecule has 1 aromatic rings. The molecule has 0 atom stereocenters. The molecule has 92 valence electrons. The van der Waals surface area contributed by atoms with E-state index >= 15 is 0 Å². The van der Waals surface area contributed by atoms with Gasteiger partial charge in [-0.1, -0.05) is 0 Å². The second kappa shape index (κ2) is 6.11. The lowest BCUT2D eigenvalue weighted by atomic mass is 10.3. The summed E-state index contributed by atoms with van der Waals surface area (Å²) >= 11 is 4.90. The maximum absolute atomic E-state index is 11.8. The highest BCUT2D eigenvalue weighted by atomic mass is 79.9. The van der Waals surface area contributed by atoms with Gasteiger partial charge in [-0.15, -0.1) is 11.3 Å². The van der Waals surface area contributed by atoms with Crippen LogP contribution in [0.3, 0.4) is 0 Å². The van der Waals surface area contributed by atoms with E-state index in [1.54, 1.807) is 18.4 Å². The van der Waals surface area contributed by atoms with Crippen LogP contribution < -0.4 is 5.73 Å². The summed E-state index contributed by atoms with van der Waals surface area (Å²) in [6, 6.07) is 1.93. The Kier molecular flexibility index (Phi) is 5.39. The molecule has 16 heavy (non-hydrogen) atoms. The summed E-state index contributed by atoms with van der Waals surface area (Å²) in [4.78, 5) is 0. The van der Waals surface area contributed by atoms with Gasteiger partial charge in [0.2, 0.25) is 10.0 Å². The highest BCUT2D eigenvalue weighted by Gasteiger charge is 2.17. The number of nitrogens with zero attached hydrogens (tertiary/aromatic N) is 1. The maximum Gasteiger partial charge on any atom is 0.214 e. The predicted molar refractivity (Wildman–Crippen MR) is 70.9 cm³/mol. The molecule has 0 aliphatic carbocycles. The lowest BCUT2D eigenvalue weighted by Crippen LogP contribution is -2.29. The summed E-state index contributed by atoms with van der Waals surface area (Å²) in [5.74, 6) is 0.116. The van der Waals surface area contributed by atoms with Gasteiger partial charge < -0.3 is 5.73 Å². The average Bonchev–Trinajstić information content (AvgIpc) is 2.61. The molecule has 0 aliphatic heterocycles. The van der Waals surface area contributed by atoms with Crippen molar-refractivity contribution in [1.29, 1.82) is 0 Å². The first-order valence-electron chi connectivity index (χ1n) is 4.82. The molecular formula is C9H15BrN2O2S2. The van der Waals surface area contributed by atoms with Crippen LogP contribution in [0.4, 0.5) is 0 Å². The molecular weight excluding hydrogens is 312 g/mol. The molecule has 0 unspecified atom stereocenters. The highest BCUT2D eigenvalue weighted by molar-refractivity contribution is 9.11. The fourth-order valence-electron chi connectivity index (χ4n) is 1.21. The minimum Gasteiger partial charge on any atom is -0.330 e. The normalized spacial score (nSPS) is 12.2. The van der Waals surface area contributed by atoms with Crippen molar-refractivity contribution in [3.63, 3.8) is 0 Å². The third kappa shape index (κ3) is 4.14. The van der Waals surface area contributed by atoms with Gasteiger partial charge in [-0.25, -0.2) is 12.7 Å². The molecule has 0 amide bonds. The second-order valence-corrected chi connectivity index (χ2v) is 7.96. The van der Waals surface area contributed by atoms with Gasteiger partial charge >= 0.3 is 0 Å². The third-order valence-corrected chi connectivity index (χ3v) is 5.54. The van der Waals surface area contributed by atoms with Crippen molar-refractivity contribution in [3.05, 3.63) is 20.8 Å². The summed E-state index contributed by atoms with van der Waals surface area (Å²) < 4.78 is 25.9. The predicted octanol–water partition coefficient (Wildman–Crippen LogP) is 1.62. The zero-order chi connectivity index (χ0) is 12.2. The molecule has 2 N–H and O–H groups in total. The summed E-state index contributed by atoms with van der Waals surface area (Å²) in [6.07, 6.45) is 0.500. The first-order chi connectivity index (χ1) is 7.45. The Hall–Kier alpha value is 0.0500. The van der Waals surface area contributed by atoms with E-state index in [9.17, 15) is 8.42 Å². The van der Waals surface area contributed by atoms with Crippen LogP contribution in [0.25, 0.3) is 0 Å². The SMILES string of the molecule is CN(Cc1csc(Br)c1)S(=O)(=O)CCCN. The first-order valence-corrected chi connectivity index (χ1v) is 8.11. The lowest BCUT2D eigenvalue weighted by molar-refractivity contribution is 0.466. The van der Waals surface area contributed by atoms with Crippen LogP contribution in [-0.4, -0.2) is 32.1 Å². The average molecular weight is 327 g/mol. The van der Waals surface area contributed by atoms with Gasteiger partial charge in [0.05, 0.1) is 9.54 Å². The topological polar surface area (TPSA) is 63.4 Å². The number of thiophene rings is 1. The zero-order valence-electron chi connectivity index (χ0n) is 9.02. The number of halogens is 1. The van der Waals surface area contributed by atoms with E-state index in [1.807, 2.05) is 11.4 Å². The van der Waals surface area contributed by atoms with Crippen molar-refractivity contribution in [2.45, 2.75) is 13.0 Å². The van der Waals surface area contributed by atoms with Gasteiger partial charge in [0.25, 0.3) is 0 Å². The van der Waals surface area contributed by atoms with Gasteiger partial charge in [0.15, 0.2) is 0 Å². The molecule has 0 radical (unpaired) electrons. The minimum atomic E-state index is -3.17. The monoisotopic (exact) mass is 326 g/mol. The molecule has 0 bridgehead atoms. The van der Waals surface area contributed by atoms with E-state index in [-0.39, 0.29) is 5.75 Å². The summed E-state index contributed by atoms with van der Waals surface area (Å²) in [7, 11) is -1.57. The first kappa shape index (κ1) is 14.1. The van der Waals surface area contributed by atoms with E-state index in [0.717, 1.165) is 9.35 Å². The van der Waals surface area contributed by atoms with Gasteiger partial charge in [-0.05, 0) is 45.9 Å². The molecule has 0 aromatic carbocycles. The van der Waals surface area contributed by atoms with Crippen molar-refractivity contribution >= 4 is 37.3 Å². The zero-order valence-corrected chi connectivity index (χ0v) is 12.2. The van der Waals surface area contributed by atoms with Crippen molar-refractivity contribution in [1.82, 2.24) is 4.31 Å². The Labute approximate surface area is 109 Å². The van der Waals surface area contributed by atoms with Crippen LogP contribution in [0.1, 0.15) is 12.0 Å². The molecule has 0 saturated heterocycles. The maximum atomic E-state index is 11.8. The Bertz CT molecular complexity index is 430. The van der Waals surface area contributed by atoms with E-state index < -0.39 is 10.0 Å². The summed E-state index contributed by atoms with van der Waals surface area (Å²) in [5, 5.41) is 1.94. The van der Waals surface area contributed by atoms with E-state index in [4.69, 9.17) is 5.73 Å². The number of nitrogens with two attached hydrogens (primary N) is 1. The molecule has 1 aromatic heterocycles. The third-order valence-electron chi connectivity index (χ3n) is 2.11. The Balaban J connectivity index is 2.61. The Morgan fingerprint density at radius 1 is 1.56 bits per heavy atom. The number of hydrogen-bond donors (Lipinski definition) is 1. The van der Waals surface area contributed by atoms with Gasteiger partial charge in [-0.2, -0.15) is 0 Å². The standard InChI is InChI=1S/C9H15BrN2O2S2/c1-12(16(13,14)4-2-3-11)6-8-5-9(10)15-7-8/h5,7H,2-4,6,11H2,1H3. The quantitative estimate of drug-likeness (QED) is 0.864. The fourth-order valence-corrected chi connectivity index (χ4v) is 3.59. The lowest BCUT2D eigenvalue weighted by Gasteiger charge is -2.16.